The largest absolute Gasteiger partial charge is 0.264 e. The Balaban J connectivity index is 2.18. The van der Waals surface area contributed by atoms with Gasteiger partial charge in [0.2, 0.25) is 0 Å². The summed E-state index contributed by atoms with van der Waals surface area (Å²) in [5.74, 6) is -0.541. The van der Waals surface area contributed by atoms with E-state index >= 15 is 0 Å². The van der Waals surface area contributed by atoms with Crippen molar-refractivity contribution in [1.29, 1.82) is 0 Å². The minimum atomic E-state index is -3.93. The molecule has 0 saturated heterocycles. The number of benzene rings is 3. The molecule has 3 aromatic rings. The predicted molar refractivity (Wildman–Crippen MR) is 112 cm³/mol. The third-order valence-corrected chi connectivity index (χ3v) is 6.61. The first-order chi connectivity index (χ1) is 13.2. The van der Waals surface area contributed by atoms with E-state index in [1.54, 1.807) is 42.5 Å². The fraction of sp³-hybridized carbons (Fsp3) is 0.182. The second-order valence-corrected chi connectivity index (χ2v) is 9.14. The topological polar surface area (TPSA) is 37.4 Å². The lowest BCUT2D eigenvalue weighted by atomic mass is 10.1. The van der Waals surface area contributed by atoms with Gasteiger partial charge in [-0.25, -0.2) is 12.8 Å². The fourth-order valence-electron chi connectivity index (χ4n) is 3.07. The van der Waals surface area contributed by atoms with Crippen LogP contribution in [0.2, 0.25) is 5.02 Å². The summed E-state index contributed by atoms with van der Waals surface area (Å²) < 4.78 is 42.5. The van der Waals surface area contributed by atoms with Crippen LogP contribution in [0.3, 0.4) is 0 Å². The van der Waals surface area contributed by atoms with E-state index in [0.29, 0.717) is 5.69 Å². The Hall–Kier alpha value is -2.37. The highest BCUT2D eigenvalue weighted by Gasteiger charge is 2.27. The molecule has 0 amide bonds. The van der Waals surface area contributed by atoms with Gasteiger partial charge in [0, 0.05) is 10.6 Å². The standard InChI is InChI=1S/C22H21ClFNO2S/c1-15-7-9-19(10-8-15)28(26,27)25(18-12-16(2)11-17(3)13-18)14-20-21(23)5-4-6-22(20)24/h4-13H,14H2,1-3H3. The molecule has 0 fully saturated rings. The molecule has 0 unspecified atom stereocenters. The maximum Gasteiger partial charge on any atom is 0.264 e. The summed E-state index contributed by atoms with van der Waals surface area (Å²) in [4.78, 5) is 0.143. The van der Waals surface area contributed by atoms with Crippen LogP contribution in [-0.2, 0) is 16.6 Å². The molecule has 3 aromatic carbocycles. The van der Waals surface area contributed by atoms with Crippen molar-refractivity contribution in [3.05, 3.63) is 93.8 Å². The lowest BCUT2D eigenvalue weighted by Gasteiger charge is -2.26. The fourth-order valence-corrected chi connectivity index (χ4v) is 4.71. The average Bonchev–Trinajstić information content (AvgIpc) is 2.60. The van der Waals surface area contributed by atoms with Gasteiger partial charge in [-0.2, -0.15) is 0 Å². The van der Waals surface area contributed by atoms with Crippen molar-refractivity contribution in [2.75, 3.05) is 4.31 Å². The zero-order valence-electron chi connectivity index (χ0n) is 15.9. The lowest BCUT2D eigenvalue weighted by molar-refractivity contribution is 0.585. The molecule has 28 heavy (non-hydrogen) atoms. The molecule has 0 bridgehead atoms. The maximum atomic E-state index is 14.4. The van der Waals surface area contributed by atoms with Gasteiger partial charge < -0.3 is 0 Å². The van der Waals surface area contributed by atoms with Gasteiger partial charge >= 0.3 is 0 Å². The third kappa shape index (κ3) is 4.21. The van der Waals surface area contributed by atoms with E-state index in [1.165, 1.54) is 16.4 Å². The van der Waals surface area contributed by atoms with Crippen molar-refractivity contribution in [2.24, 2.45) is 0 Å². The summed E-state index contributed by atoms with van der Waals surface area (Å²) >= 11 is 6.18. The zero-order chi connectivity index (χ0) is 20.5. The smallest absolute Gasteiger partial charge is 0.262 e. The molecule has 146 valence electrons. The van der Waals surface area contributed by atoms with Gasteiger partial charge in [-0.1, -0.05) is 41.4 Å². The van der Waals surface area contributed by atoms with Gasteiger partial charge in [0.15, 0.2) is 0 Å². The Labute approximate surface area is 170 Å². The number of hydrogen-bond donors (Lipinski definition) is 0. The highest BCUT2D eigenvalue weighted by Crippen LogP contribution is 2.30. The molecule has 0 saturated carbocycles. The Morgan fingerprint density at radius 1 is 0.893 bits per heavy atom. The van der Waals surface area contributed by atoms with Crippen LogP contribution >= 0.6 is 11.6 Å². The number of hydrogen-bond acceptors (Lipinski definition) is 2. The van der Waals surface area contributed by atoms with Crippen LogP contribution in [0.1, 0.15) is 22.3 Å². The third-order valence-electron chi connectivity index (χ3n) is 4.47. The van der Waals surface area contributed by atoms with Gasteiger partial charge in [0.1, 0.15) is 5.82 Å². The summed E-state index contributed by atoms with van der Waals surface area (Å²) in [6.45, 7) is 5.47. The molecule has 0 radical (unpaired) electrons. The summed E-state index contributed by atoms with van der Waals surface area (Å²) in [5.41, 5.74) is 3.39. The average molecular weight is 418 g/mol. The first-order valence-electron chi connectivity index (χ1n) is 8.79. The van der Waals surface area contributed by atoms with E-state index in [1.807, 2.05) is 26.8 Å². The quantitative estimate of drug-likeness (QED) is 0.526. The summed E-state index contributed by atoms with van der Waals surface area (Å²) in [6, 6.07) is 16.4. The zero-order valence-corrected chi connectivity index (χ0v) is 17.5. The summed E-state index contributed by atoms with van der Waals surface area (Å²) in [6.07, 6.45) is 0. The SMILES string of the molecule is Cc1ccc(S(=O)(=O)N(Cc2c(F)cccc2Cl)c2cc(C)cc(C)c2)cc1. The van der Waals surface area contributed by atoms with E-state index in [4.69, 9.17) is 11.6 Å². The second-order valence-electron chi connectivity index (χ2n) is 6.87. The number of rotatable bonds is 5. The molecule has 0 aromatic heterocycles. The van der Waals surface area contributed by atoms with Crippen molar-refractivity contribution < 1.29 is 12.8 Å². The van der Waals surface area contributed by atoms with Crippen LogP contribution in [-0.4, -0.2) is 8.42 Å². The number of nitrogens with zero attached hydrogens (tertiary/aromatic N) is 1. The molecule has 0 atom stereocenters. The summed E-state index contributed by atoms with van der Waals surface area (Å²) in [7, 11) is -3.93. The highest BCUT2D eigenvalue weighted by molar-refractivity contribution is 7.92. The van der Waals surface area contributed by atoms with Gasteiger partial charge in [-0.05, 0) is 68.3 Å². The van der Waals surface area contributed by atoms with Crippen molar-refractivity contribution in [1.82, 2.24) is 0 Å². The van der Waals surface area contributed by atoms with Crippen LogP contribution in [0.5, 0.6) is 0 Å². The van der Waals surface area contributed by atoms with Crippen LogP contribution < -0.4 is 4.31 Å². The minimum Gasteiger partial charge on any atom is -0.262 e. The van der Waals surface area contributed by atoms with Gasteiger partial charge in [-0.15, -0.1) is 0 Å². The molecule has 0 aliphatic heterocycles. The molecule has 6 heteroatoms. The van der Waals surface area contributed by atoms with E-state index in [2.05, 4.69) is 0 Å². The van der Waals surface area contributed by atoms with Crippen LogP contribution in [0.25, 0.3) is 0 Å². The van der Waals surface area contributed by atoms with E-state index < -0.39 is 15.8 Å². The molecular formula is C22H21ClFNO2S. The molecule has 0 spiro atoms. The van der Waals surface area contributed by atoms with Crippen LogP contribution in [0.15, 0.2) is 65.6 Å². The van der Waals surface area contributed by atoms with Gasteiger partial charge in [-0.3, -0.25) is 4.31 Å². The predicted octanol–water partition coefficient (Wildman–Crippen LogP) is 5.80. The Kier molecular flexibility index (Phi) is 5.77. The molecule has 0 aliphatic rings. The molecule has 0 heterocycles. The van der Waals surface area contributed by atoms with Crippen molar-refractivity contribution in [3.8, 4) is 0 Å². The molecule has 0 N–H and O–H groups in total. The Morgan fingerprint density at radius 2 is 1.50 bits per heavy atom. The van der Waals surface area contributed by atoms with Gasteiger partial charge in [0.05, 0.1) is 17.1 Å². The molecular weight excluding hydrogens is 397 g/mol. The summed E-state index contributed by atoms with van der Waals surface area (Å²) in [5, 5.41) is 0.188. The lowest BCUT2D eigenvalue weighted by Crippen LogP contribution is -2.31. The minimum absolute atomic E-state index is 0.138. The van der Waals surface area contributed by atoms with Crippen molar-refractivity contribution >= 4 is 27.3 Å². The number of aryl methyl sites for hydroxylation is 3. The van der Waals surface area contributed by atoms with Crippen molar-refractivity contribution in [3.63, 3.8) is 0 Å². The first-order valence-corrected chi connectivity index (χ1v) is 10.6. The second kappa shape index (κ2) is 7.94. The molecule has 0 aliphatic carbocycles. The Morgan fingerprint density at radius 3 is 2.07 bits per heavy atom. The number of anilines is 1. The van der Waals surface area contributed by atoms with E-state index in [0.717, 1.165) is 16.7 Å². The van der Waals surface area contributed by atoms with E-state index in [-0.39, 0.29) is 22.0 Å². The normalized spacial score (nSPS) is 11.5. The Bertz CT molecular complexity index is 1070. The van der Waals surface area contributed by atoms with Crippen LogP contribution in [0, 0.1) is 26.6 Å². The molecule has 3 nitrogen and oxygen atoms in total. The highest BCUT2D eigenvalue weighted by atomic mass is 35.5. The number of sulfonamides is 1. The van der Waals surface area contributed by atoms with Crippen LogP contribution in [0.4, 0.5) is 10.1 Å². The number of halogens is 2. The van der Waals surface area contributed by atoms with Crippen molar-refractivity contribution in [2.45, 2.75) is 32.2 Å². The maximum absolute atomic E-state index is 14.4. The first kappa shape index (κ1) is 20.4. The van der Waals surface area contributed by atoms with Gasteiger partial charge in [0.25, 0.3) is 10.0 Å². The van der Waals surface area contributed by atoms with E-state index in [9.17, 15) is 12.8 Å². The molecule has 3 rings (SSSR count). The monoisotopic (exact) mass is 417 g/mol.